The highest BCUT2D eigenvalue weighted by molar-refractivity contribution is 6.32. The minimum Gasteiger partial charge on any atom is -0.293 e. The zero-order valence-corrected chi connectivity index (χ0v) is 13.4. The highest BCUT2D eigenvalue weighted by Crippen LogP contribution is 2.33. The molecule has 26 heavy (non-hydrogen) atoms. The van der Waals surface area contributed by atoms with E-state index in [0.29, 0.717) is 5.01 Å². The van der Waals surface area contributed by atoms with Crippen molar-refractivity contribution in [3.8, 4) is 0 Å². The smallest absolute Gasteiger partial charge is 0.293 e. The molecule has 134 valence electrons. The molecule has 0 saturated heterocycles. The largest absolute Gasteiger partial charge is 0.432 e. The van der Waals surface area contributed by atoms with Gasteiger partial charge in [0.05, 0.1) is 5.69 Å². The Kier molecular flexibility index (Phi) is 4.35. The molecule has 1 aliphatic heterocycles. The van der Waals surface area contributed by atoms with Crippen molar-refractivity contribution in [2.45, 2.75) is 13.1 Å². The number of nitrogens with zero attached hydrogens (tertiary/aromatic N) is 2. The maximum atomic E-state index is 13.4. The lowest BCUT2D eigenvalue weighted by Gasteiger charge is -2.14. The van der Waals surface area contributed by atoms with E-state index >= 15 is 0 Å². The van der Waals surface area contributed by atoms with Gasteiger partial charge in [0.1, 0.15) is 5.82 Å². The van der Waals surface area contributed by atoms with E-state index in [9.17, 15) is 27.2 Å². The van der Waals surface area contributed by atoms with Crippen molar-refractivity contribution in [2.24, 2.45) is 11.0 Å². The molecule has 3 rings (SSSR count). The Hall–Kier alpha value is -3.03. The number of aryl methyl sites for hydroxylation is 1. The molecule has 0 radical (unpaired) electrons. The lowest BCUT2D eigenvalue weighted by Crippen LogP contribution is -2.38. The predicted molar refractivity (Wildman–Crippen MR) is 86.4 cm³/mol. The summed E-state index contributed by atoms with van der Waals surface area (Å²) in [5.74, 6) is -4.96. The predicted octanol–water partition coefficient (Wildman–Crippen LogP) is 3.90. The summed E-state index contributed by atoms with van der Waals surface area (Å²) in [4.78, 5) is 25.1. The number of benzene rings is 2. The van der Waals surface area contributed by atoms with E-state index in [1.165, 1.54) is 12.1 Å². The van der Waals surface area contributed by atoms with Crippen LogP contribution in [0.4, 0.5) is 23.2 Å². The minimum absolute atomic E-state index is 0.122. The van der Waals surface area contributed by atoms with Gasteiger partial charge in [-0.1, -0.05) is 17.7 Å². The van der Waals surface area contributed by atoms with E-state index in [0.717, 1.165) is 29.8 Å². The van der Waals surface area contributed by atoms with Crippen LogP contribution in [0, 0.1) is 18.7 Å². The van der Waals surface area contributed by atoms with Crippen LogP contribution in [0.25, 0.3) is 0 Å². The molecule has 1 amide bonds. The lowest BCUT2D eigenvalue weighted by molar-refractivity contribution is -0.119. The molecule has 0 bridgehead atoms. The van der Waals surface area contributed by atoms with Crippen molar-refractivity contribution in [3.63, 3.8) is 0 Å². The van der Waals surface area contributed by atoms with Gasteiger partial charge in [0.15, 0.2) is 17.4 Å². The molecule has 0 N–H and O–H groups in total. The molecule has 1 aliphatic rings. The number of halogens is 4. The number of hydrogen-bond acceptors (Lipinski definition) is 3. The molecule has 0 aromatic heterocycles. The minimum atomic E-state index is -4.96. The molecular formula is C18H12F4N2O2. The molecule has 2 aromatic rings. The molecule has 1 heterocycles. The third-order valence-corrected chi connectivity index (χ3v) is 3.90. The van der Waals surface area contributed by atoms with Gasteiger partial charge in [-0.15, -0.1) is 0 Å². The van der Waals surface area contributed by atoms with Gasteiger partial charge < -0.3 is 0 Å². The molecule has 4 nitrogen and oxygen atoms in total. The van der Waals surface area contributed by atoms with Crippen molar-refractivity contribution in [2.75, 3.05) is 5.01 Å². The number of carbonyl (C=O) groups is 2. The molecule has 0 spiro atoms. The van der Waals surface area contributed by atoms with E-state index in [-0.39, 0.29) is 11.3 Å². The van der Waals surface area contributed by atoms with Crippen LogP contribution in [-0.2, 0) is 4.79 Å². The van der Waals surface area contributed by atoms with Gasteiger partial charge in [-0.3, -0.25) is 9.59 Å². The SMILES string of the molecule is Cc1ccc(N2N=C(C(F)(F)F)[C@H](C(=O)c3ccc(F)cc3)C2=O)cc1. The van der Waals surface area contributed by atoms with Crippen molar-refractivity contribution in [1.29, 1.82) is 0 Å². The van der Waals surface area contributed by atoms with E-state index < -0.39 is 35.3 Å². The Balaban J connectivity index is 2.02. The summed E-state index contributed by atoms with van der Waals surface area (Å²) in [6.07, 6.45) is -4.96. The fraction of sp³-hybridized carbons (Fsp3) is 0.167. The fourth-order valence-corrected chi connectivity index (χ4v) is 2.56. The topological polar surface area (TPSA) is 49.7 Å². The van der Waals surface area contributed by atoms with Crippen molar-refractivity contribution < 1.29 is 27.2 Å². The number of amides is 1. The maximum Gasteiger partial charge on any atom is 0.432 e. The first-order valence-corrected chi connectivity index (χ1v) is 7.54. The van der Waals surface area contributed by atoms with E-state index in [1.807, 2.05) is 0 Å². The quantitative estimate of drug-likeness (QED) is 0.471. The number of hydrogen-bond donors (Lipinski definition) is 0. The number of Topliss-reactive ketones (excluding diaryl/α,β-unsaturated/α-hetero) is 1. The summed E-state index contributed by atoms with van der Waals surface area (Å²) >= 11 is 0. The van der Waals surface area contributed by atoms with Crippen LogP contribution in [0.5, 0.6) is 0 Å². The van der Waals surface area contributed by atoms with Gasteiger partial charge in [0.2, 0.25) is 0 Å². The van der Waals surface area contributed by atoms with Crippen molar-refractivity contribution >= 4 is 23.1 Å². The second-order valence-corrected chi connectivity index (χ2v) is 5.77. The van der Waals surface area contributed by atoms with Crippen LogP contribution < -0.4 is 5.01 Å². The second kappa shape index (κ2) is 6.36. The number of anilines is 1. The summed E-state index contributed by atoms with van der Waals surface area (Å²) in [5.41, 5.74) is -0.721. The van der Waals surface area contributed by atoms with E-state index in [4.69, 9.17) is 0 Å². The van der Waals surface area contributed by atoms with Gasteiger partial charge in [-0.05, 0) is 43.3 Å². The first kappa shape index (κ1) is 17.8. The Morgan fingerprint density at radius 3 is 2.15 bits per heavy atom. The van der Waals surface area contributed by atoms with E-state index in [2.05, 4.69) is 5.10 Å². The summed E-state index contributed by atoms with van der Waals surface area (Å²) in [6, 6.07) is 10.1. The molecule has 0 saturated carbocycles. The van der Waals surface area contributed by atoms with Gasteiger partial charge in [0.25, 0.3) is 5.91 Å². The lowest BCUT2D eigenvalue weighted by atomic mass is 9.92. The van der Waals surface area contributed by atoms with Gasteiger partial charge in [-0.25, -0.2) is 4.39 Å². The zero-order valence-electron chi connectivity index (χ0n) is 13.4. The number of rotatable bonds is 3. The standard InChI is InChI=1S/C18H12F4N2O2/c1-10-2-8-13(9-3-10)24-17(26)14(16(23-24)18(20,21)22)15(25)11-4-6-12(19)7-5-11/h2-9,14H,1H3/t14-/m0/s1. The van der Waals surface area contributed by atoms with Gasteiger partial charge in [0, 0.05) is 5.56 Å². The van der Waals surface area contributed by atoms with Crippen molar-refractivity contribution in [1.82, 2.24) is 0 Å². The number of ketones is 1. The zero-order chi connectivity index (χ0) is 19.1. The van der Waals surface area contributed by atoms with Crippen LogP contribution in [0.1, 0.15) is 15.9 Å². The van der Waals surface area contributed by atoms with Crippen LogP contribution in [0.3, 0.4) is 0 Å². The monoisotopic (exact) mass is 364 g/mol. The van der Waals surface area contributed by atoms with Gasteiger partial charge in [-0.2, -0.15) is 23.3 Å². The van der Waals surface area contributed by atoms with Crippen LogP contribution in [-0.4, -0.2) is 23.6 Å². The summed E-state index contributed by atoms with van der Waals surface area (Å²) in [7, 11) is 0. The third-order valence-electron chi connectivity index (χ3n) is 3.90. The molecule has 0 fully saturated rings. The average Bonchev–Trinajstić information content (AvgIpc) is 2.93. The van der Waals surface area contributed by atoms with E-state index in [1.54, 1.807) is 19.1 Å². The Morgan fingerprint density at radius 2 is 1.62 bits per heavy atom. The summed E-state index contributed by atoms with van der Waals surface area (Å²) in [5, 5.41) is 3.94. The highest BCUT2D eigenvalue weighted by atomic mass is 19.4. The fourth-order valence-electron chi connectivity index (χ4n) is 2.56. The Labute approximate surface area is 145 Å². The summed E-state index contributed by atoms with van der Waals surface area (Å²) < 4.78 is 53.1. The number of carbonyl (C=O) groups excluding carboxylic acids is 2. The molecule has 1 atom stereocenters. The first-order chi connectivity index (χ1) is 12.2. The van der Waals surface area contributed by atoms with Crippen LogP contribution in [0.2, 0.25) is 0 Å². The number of hydrazone groups is 1. The highest BCUT2D eigenvalue weighted by Gasteiger charge is 2.53. The third kappa shape index (κ3) is 3.22. The molecule has 0 aliphatic carbocycles. The Morgan fingerprint density at radius 1 is 1.04 bits per heavy atom. The first-order valence-electron chi connectivity index (χ1n) is 7.54. The van der Waals surface area contributed by atoms with Crippen LogP contribution in [0.15, 0.2) is 53.6 Å². The molecule has 0 unspecified atom stereocenters. The average molecular weight is 364 g/mol. The normalized spacial score (nSPS) is 17.4. The van der Waals surface area contributed by atoms with Gasteiger partial charge >= 0.3 is 6.18 Å². The second-order valence-electron chi connectivity index (χ2n) is 5.77. The maximum absolute atomic E-state index is 13.4. The number of alkyl halides is 3. The molecule has 8 heteroatoms. The van der Waals surface area contributed by atoms with Crippen molar-refractivity contribution in [3.05, 3.63) is 65.5 Å². The Bertz CT molecular complexity index is 887. The molecular weight excluding hydrogens is 352 g/mol. The summed E-state index contributed by atoms with van der Waals surface area (Å²) in [6.45, 7) is 1.78. The van der Waals surface area contributed by atoms with Crippen LogP contribution >= 0.6 is 0 Å². The molecule has 2 aromatic carbocycles.